The molecule has 22 heavy (non-hydrogen) atoms. The number of carbonyl (C=O) groups excluding carboxylic acids is 1. The average molecular weight is 317 g/mol. The van der Waals surface area contributed by atoms with E-state index in [1.807, 2.05) is 0 Å². The molecular weight excluding hydrogens is 305 g/mol. The minimum atomic E-state index is -0.610. The molecule has 0 fully saturated rings. The van der Waals surface area contributed by atoms with Crippen molar-refractivity contribution >= 4 is 27.9 Å². The molecule has 1 N–H and O–H groups in total. The fourth-order valence-corrected chi connectivity index (χ4v) is 2.88. The van der Waals surface area contributed by atoms with E-state index < -0.39 is 17.3 Å². The van der Waals surface area contributed by atoms with E-state index in [4.69, 9.17) is 0 Å². The van der Waals surface area contributed by atoms with E-state index in [-0.39, 0.29) is 5.56 Å². The number of benzene rings is 1. The van der Waals surface area contributed by atoms with Crippen LogP contribution in [-0.4, -0.2) is 15.3 Å². The Morgan fingerprint density at radius 2 is 2.14 bits per heavy atom. The Hall–Kier alpha value is -2.54. The third-order valence-corrected chi connectivity index (χ3v) is 4.25. The van der Waals surface area contributed by atoms with Gasteiger partial charge in [-0.1, -0.05) is 6.07 Å². The van der Waals surface area contributed by atoms with Gasteiger partial charge in [0, 0.05) is 23.0 Å². The molecule has 7 heteroatoms. The summed E-state index contributed by atoms with van der Waals surface area (Å²) in [4.78, 5) is 29.2. The van der Waals surface area contributed by atoms with E-state index in [0.717, 1.165) is 0 Å². The molecule has 0 unspecified atom stereocenters. The van der Waals surface area contributed by atoms with Crippen LogP contribution in [0.2, 0.25) is 0 Å². The summed E-state index contributed by atoms with van der Waals surface area (Å²) in [5.74, 6) is -1.03. The van der Waals surface area contributed by atoms with Gasteiger partial charge in [0.15, 0.2) is 4.96 Å². The standard InChI is InChI=1S/C15H12FN3O2S/c1-8-3-4-10(5-12(8)16)18-13(20)11-6-17-15-19(14(11)21)9(2)7-22-15/h3-7H,1-2H3,(H,18,20). The highest BCUT2D eigenvalue weighted by Gasteiger charge is 2.15. The van der Waals surface area contributed by atoms with Crippen molar-refractivity contribution in [2.75, 3.05) is 5.32 Å². The van der Waals surface area contributed by atoms with E-state index in [0.29, 0.717) is 21.9 Å². The summed E-state index contributed by atoms with van der Waals surface area (Å²) < 4.78 is 14.9. The molecule has 0 saturated heterocycles. The van der Waals surface area contributed by atoms with E-state index >= 15 is 0 Å². The zero-order valence-corrected chi connectivity index (χ0v) is 12.7. The van der Waals surface area contributed by atoms with Crippen LogP contribution in [0.15, 0.2) is 34.6 Å². The lowest BCUT2D eigenvalue weighted by atomic mass is 10.2. The fraction of sp³-hybridized carbons (Fsp3) is 0.133. The maximum absolute atomic E-state index is 13.5. The van der Waals surface area contributed by atoms with E-state index in [1.54, 1.807) is 31.4 Å². The zero-order valence-electron chi connectivity index (χ0n) is 11.9. The highest BCUT2D eigenvalue weighted by atomic mass is 32.1. The van der Waals surface area contributed by atoms with Crippen molar-refractivity contribution in [3.8, 4) is 0 Å². The quantitative estimate of drug-likeness (QED) is 0.790. The number of fused-ring (bicyclic) bond motifs is 1. The Balaban J connectivity index is 1.98. The number of amides is 1. The minimum Gasteiger partial charge on any atom is -0.322 e. The van der Waals surface area contributed by atoms with Gasteiger partial charge in [-0.15, -0.1) is 11.3 Å². The summed E-state index contributed by atoms with van der Waals surface area (Å²) in [6, 6.07) is 4.35. The van der Waals surface area contributed by atoms with Crippen molar-refractivity contribution in [3.05, 3.63) is 62.8 Å². The van der Waals surface area contributed by atoms with Crippen LogP contribution in [0.5, 0.6) is 0 Å². The van der Waals surface area contributed by atoms with Crippen molar-refractivity contribution < 1.29 is 9.18 Å². The highest BCUT2D eigenvalue weighted by molar-refractivity contribution is 7.15. The number of aryl methyl sites for hydroxylation is 2. The second-order valence-electron chi connectivity index (χ2n) is 4.89. The summed E-state index contributed by atoms with van der Waals surface area (Å²) in [6.45, 7) is 3.40. The monoisotopic (exact) mass is 317 g/mol. The number of rotatable bonds is 2. The van der Waals surface area contributed by atoms with Gasteiger partial charge in [0.1, 0.15) is 11.4 Å². The van der Waals surface area contributed by atoms with Crippen LogP contribution in [0.25, 0.3) is 4.96 Å². The first-order chi connectivity index (χ1) is 10.5. The molecular formula is C15H12FN3O2S. The lowest BCUT2D eigenvalue weighted by Gasteiger charge is -2.06. The van der Waals surface area contributed by atoms with Crippen molar-refractivity contribution in [3.63, 3.8) is 0 Å². The normalized spacial score (nSPS) is 10.9. The van der Waals surface area contributed by atoms with Gasteiger partial charge < -0.3 is 5.32 Å². The number of anilines is 1. The molecule has 2 aromatic heterocycles. The topological polar surface area (TPSA) is 63.5 Å². The molecule has 1 aromatic carbocycles. The van der Waals surface area contributed by atoms with Gasteiger partial charge in [0.2, 0.25) is 0 Å². The largest absolute Gasteiger partial charge is 0.322 e. The van der Waals surface area contributed by atoms with Gasteiger partial charge in [-0.2, -0.15) is 0 Å². The number of hydrogen-bond acceptors (Lipinski definition) is 4. The number of thiazole rings is 1. The number of carbonyl (C=O) groups is 1. The van der Waals surface area contributed by atoms with E-state index in [2.05, 4.69) is 10.3 Å². The Labute approximate surface area is 129 Å². The van der Waals surface area contributed by atoms with Gasteiger partial charge in [0.25, 0.3) is 11.5 Å². The third kappa shape index (κ3) is 2.39. The molecule has 0 aliphatic heterocycles. The molecule has 2 heterocycles. The van der Waals surface area contributed by atoms with Crippen LogP contribution < -0.4 is 10.9 Å². The first-order valence-corrected chi connectivity index (χ1v) is 7.38. The van der Waals surface area contributed by atoms with Crippen LogP contribution in [0, 0.1) is 19.7 Å². The second kappa shape index (κ2) is 5.34. The van der Waals surface area contributed by atoms with Gasteiger partial charge in [-0.3, -0.25) is 14.0 Å². The maximum Gasteiger partial charge on any atom is 0.271 e. The van der Waals surface area contributed by atoms with E-state index in [1.165, 1.54) is 28.0 Å². The van der Waals surface area contributed by atoms with Crippen molar-refractivity contribution in [1.82, 2.24) is 9.38 Å². The predicted molar refractivity (Wildman–Crippen MR) is 83.2 cm³/mol. The first-order valence-electron chi connectivity index (χ1n) is 6.51. The Bertz CT molecular complexity index is 946. The second-order valence-corrected chi connectivity index (χ2v) is 5.73. The summed E-state index contributed by atoms with van der Waals surface area (Å²) in [5, 5.41) is 4.31. The Kier molecular flexibility index (Phi) is 3.50. The van der Waals surface area contributed by atoms with E-state index in [9.17, 15) is 14.0 Å². The van der Waals surface area contributed by atoms with Gasteiger partial charge >= 0.3 is 0 Å². The molecule has 0 atom stereocenters. The molecule has 3 aromatic rings. The lowest BCUT2D eigenvalue weighted by molar-refractivity contribution is 0.102. The SMILES string of the molecule is Cc1ccc(NC(=O)c2cnc3scc(C)n3c2=O)cc1F. The van der Waals surface area contributed by atoms with Crippen LogP contribution in [0.3, 0.4) is 0 Å². The summed E-state index contributed by atoms with van der Waals surface area (Å²) in [5.41, 5.74) is 0.969. The molecule has 0 bridgehead atoms. The number of hydrogen-bond donors (Lipinski definition) is 1. The Morgan fingerprint density at radius 1 is 1.36 bits per heavy atom. The maximum atomic E-state index is 13.5. The zero-order chi connectivity index (χ0) is 15.9. The number of aromatic nitrogens is 2. The lowest BCUT2D eigenvalue weighted by Crippen LogP contribution is -2.26. The fourth-order valence-electron chi connectivity index (χ4n) is 2.05. The molecule has 1 amide bonds. The average Bonchev–Trinajstić information content (AvgIpc) is 2.85. The smallest absolute Gasteiger partial charge is 0.271 e. The Morgan fingerprint density at radius 3 is 2.86 bits per heavy atom. The molecule has 0 radical (unpaired) electrons. The van der Waals surface area contributed by atoms with Crippen molar-refractivity contribution in [2.24, 2.45) is 0 Å². The molecule has 112 valence electrons. The summed E-state index contributed by atoms with van der Waals surface area (Å²) in [6.07, 6.45) is 1.24. The van der Waals surface area contributed by atoms with Crippen LogP contribution in [0.4, 0.5) is 10.1 Å². The first kappa shape index (κ1) is 14.4. The third-order valence-electron chi connectivity index (χ3n) is 3.29. The van der Waals surface area contributed by atoms with Crippen LogP contribution in [-0.2, 0) is 0 Å². The van der Waals surface area contributed by atoms with Crippen molar-refractivity contribution in [2.45, 2.75) is 13.8 Å². The molecule has 3 rings (SSSR count). The highest BCUT2D eigenvalue weighted by Crippen LogP contribution is 2.15. The van der Waals surface area contributed by atoms with Gasteiger partial charge in [-0.05, 0) is 31.5 Å². The number of nitrogens with one attached hydrogen (secondary N) is 1. The molecule has 5 nitrogen and oxygen atoms in total. The van der Waals surface area contributed by atoms with Gasteiger partial charge in [-0.25, -0.2) is 9.37 Å². The van der Waals surface area contributed by atoms with Gasteiger partial charge in [0.05, 0.1) is 0 Å². The molecule has 0 aliphatic carbocycles. The molecule has 0 spiro atoms. The number of halogens is 1. The predicted octanol–water partition coefficient (Wildman–Crippen LogP) is 2.76. The van der Waals surface area contributed by atoms with Crippen LogP contribution >= 0.6 is 11.3 Å². The summed E-state index contributed by atoms with van der Waals surface area (Å²) >= 11 is 1.33. The minimum absolute atomic E-state index is 0.0833. The van der Waals surface area contributed by atoms with Crippen molar-refractivity contribution in [1.29, 1.82) is 0 Å². The summed E-state index contributed by atoms with van der Waals surface area (Å²) in [7, 11) is 0. The molecule has 0 saturated carbocycles. The number of nitrogens with zero attached hydrogens (tertiary/aromatic N) is 2. The molecule has 0 aliphatic rings. The van der Waals surface area contributed by atoms with Crippen LogP contribution in [0.1, 0.15) is 21.6 Å².